The van der Waals surface area contributed by atoms with Crippen LogP contribution in [0.1, 0.15) is 99.0 Å². The van der Waals surface area contributed by atoms with E-state index in [1.165, 1.54) is 23.3 Å². The lowest BCUT2D eigenvalue weighted by molar-refractivity contribution is -0.173. The fourth-order valence-electron chi connectivity index (χ4n) is 8.72. The molecule has 3 aliphatic carbocycles. The maximum atomic E-state index is 12.2. The molecule has 1 N–H and O–H groups in total. The van der Waals surface area contributed by atoms with Gasteiger partial charge < -0.3 is 9.84 Å². The average molecular weight is 581 g/mol. The van der Waals surface area contributed by atoms with Crippen molar-refractivity contribution in [3.63, 3.8) is 0 Å². The summed E-state index contributed by atoms with van der Waals surface area (Å²) in [6, 6.07) is 8.44. The van der Waals surface area contributed by atoms with E-state index in [-0.39, 0.29) is 5.41 Å². The van der Waals surface area contributed by atoms with Crippen LogP contribution >= 0.6 is 11.8 Å². The Bertz CT molecular complexity index is 1070. The van der Waals surface area contributed by atoms with Crippen LogP contribution in [0, 0.1) is 40.9 Å². The number of benzene rings is 1. The quantitative estimate of drug-likeness (QED) is 0.280. The second kappa shape index (κ2) is 15.1. The summed E-state index contributed by atoms with van der Waals surface area (Å²) in [6.07, 6.45) is 14.9. The number of rotatable bonds is 10. The summed E-state index contributed by atoms with van der Waals surface area (Å²) in [6.45, 7) is 19.3. The maximum Gasteiger partial charge on any atom is 0.133 e. The molecule has 1 aromatic rings. The number of hydrogen-bond acceptors (Lipinski definition) is 4. The van der Waals surface area contributed by atoms with Crippen molar-refractivity contribution < 1.29 is 14.6 Å². The largest absolute Gasteiger partial charge is 0.494 e. The SMILES string of the molecule is C=C/C=C\C(=C/C)SCc1cccc(OCCC2(C(C)(C)O)CCC3C4CCC(=O)CC4C[C@@H](C)C3C2C)c1.CC. The van der Waals surface area contributed by atoms with Crippen molar-refractivity contribution in [2.45, 2.75) is 105 Å². The molecule has 7 atom stereocenters. The second-order valence-corrected chi connectivity index (χ2v) is 14.1. The summed E-state index contributed by atoms with van der Waals surface area (Å²) < 4.78 is 6.38. The summed E-state index contributed by atoms with van der Waals surface area (Å²) >= 11 is 1.81. The number of ether oxygens (including phenoxy) is 1. The molecule has 4 heteroatoms. The summed E-state index contributed by atoms with van der Waals surface area (Å²) in [5.74, 6) is 5.85. The van der Waals surface area contributed by atoms with E-state index < -0.39 is 5.60 Å². The van der Waals surface area contributed by atoms with E-state index >= 15 is 0 Å². The van der Waals surface area contributed by atoms with Crippen LogP contribution in [0.15, 0.2) is 60.1 Å². The summed E-state index contributed by atoms with van der Waals surface area (Å²) in [5, 5.41) is 11.6. The number of ketones is 1. The van der Waals surface area contributed by atoms with E-state index in [0.717, 1.165) is 43.6 Å². The Hall–Kier alpha value is -1.78. The normalized spacial score (nSPS) is 32.0. The Labute approximate surface area is 255 Å². The molecule has 0 aromatic heterocycles. The summed E-state index contributed by atoms with van der Waals surface area (Å²) in [5.41, 5.74) is 0.289. The van der Waals surface area contributed by atoms with Crippen LogP contribution in [-0.4, -0.2) is 23.1 Å². The highest BCUT2D eigenvalue weighted by atomic mass is 32.2. The highest BCUT2D eigenvalue weighted by Crippen LogP contribution is 2.62. The molecule has 4 rings (SSSR count). The number of aliphatic hydroxyl groups is 1. The van der Waals surface area contributed by atoms with Gasteiger partial charge in [-0.3, -0.25) is 4.79 Å². The van der Waals surface area contributed by atoms with Gasteiger partial charge in [-0.25, -0.2) is 0 Å². The molecule has 0 heterocycles. The molecule has 228 valence electrons. The van der Waals surface area contributed by atoms with Crippen molar-refractivity contribution in [3.8, 4) is 5.75 Å². The zero-order valence-corrected chi connectivity index (χ0v) is 27.6. The first-order valence-electron chi connectivity index (χ1n) is 16.1. The molecule has 1 aromatic carbocycles. The lowest BCUT2D eigenvalue weighted by atomic mass is 9.44. The van der Waals surface area contributed by atoms with Crippen LogP contribution in [0.25, 0.3) is 0 Å². The number of fused-ring (bicyclic) bond motifs is 3. The Kier molecular flexibility index (Phi) is 12.4. The lowest BCUT2D eigenvalue weighted by Gasteiger charge is -2.61. The van der Waals surface area contributed by atoms with Crippen molar-refractivity contribution in [3.05, 3.63) is 65.6 Å². The number of thioether (sulfide) groups is 1. The first-order chi connectivity index (χ1) is 19.6. The zero-order valence-electron chi connectivity index (χ0n) is 26.8. The Balaban J connectivity index is 0.00000226. The van der Waals surface area contributed by atoms with Gasteiger partial charge in [0.15, 0.2) is 0 Å². The van der Waals surface area contributed by atoms with E-state index in [1.54, 1.807) is 6.08 Å². The molecular weight excluding hydrogens is 524 g/mol. The fraction of sp³-hybridized carbons (Fsp3) is 0.649. The van der Waals surface area contributed by atoms with Crippen molar-refractivity contribution in [2.75, 3.05) is 6.61 Å². The Morgan fingerprint density at radius 2 is 1.98 bits per heavy atom. The van der Waals surface area contributed by atoms with Gasteiger partial charge in [0.2, 0.25) is 0 Å². The lowest BCUT2D eigenvalue weighted by Crippen LogP contribution is -2.58. The van der Waals surface area contributed by atoms with Gasteiger partial charge >= 0.3 is 0 Å². The number of carbonyl (C=O) groups excluding carboxylic acids is 1. The Morgan fingerprint density at radius 1 is 1.22 bits per heavy atom. The van der Waals surface area contributed by atoms with Crippen LogP contribution in [0.2, 0.25) is 0 Å². The predicted octanol–water partition coefficient (Wildman–Crippen LogP) is 9.81. The minimum Gasteiger partial charge on any atom is -0.494 e. The third kappa shape index (κ3) is 7.79. The van der Waals surface area contributed by atoms with Crippen LogP contribution in [0.4, 0.5) is 0 Å². The smallest absolute Gasteiger partial charge is 0.133 e. The minimum atomic E-state index is -0.778. The van der Waals surface area contributed by atoms with Crippen LogP contribution in [-0.2, 0) is 10.5 Å². The molecule has 0 bridgehead atoms. The third-order valence-electron chi connectivity index (χ3n) is 10.6. The van der Waals surface area contributed by atoms with E-state index in [9.17, 15) is 9.90 Å². The summed E-state index contributed by atoms with van der Waals surface area (Å²) in [4.78, 5) is 13.4. The molecule has 41 heavy (non-hydrogen) atoms. The van der Waals surface area contributed by atoms with Crippen molar-refractivity contribution in [2.24, 2.45) is 40.9 Å². The van der Waals surface area contributed by atoms with Gasteiger partial charge in [-0.2, -0.15) is 0 Å². The van der Waals surface area contributed by atoms with Gasteiger partial charge in [0.05, 0.1) is 12.2 Å². The molecule has 3 nitrogen and oxygen atoms in total. The highest BCUT2D eigenvalue weighted by molar-refractivity contribution is 8.02. The molecular formula is C37H56O3S. The molecule has 6 unspecified atom stereocenters. The molecule has 0 aliphatic heterocycles. The predicted molar refractivity (Wildman–Crippen MR) is 176 cm³/mol. The zero-order chi connectivity index (χ0) is 30.2. The van der Waals surface area contributed by atoms with Gasteiger partial charge in [0, 0.05) is 28.9 Å². The van der Waals surface area contributed by atoms with Gasteiger partial charge in [-0.1, -0.05) is 64.6 Å². The first kappa shape index (κ1) is 33.7. The van der Waals surface area contributed by atoms with Crippen molar-refractivity contribution >= 4 is 17.5 Å². The van der Waals surface area contributed by atoms with Gasteiger partial charge in [-0.05, 0) is 112 Å². The van der Waals surface area contributed by atoms with Gasteiger partial charge in [-0.15, -0.1) is 11.8 Å². The molecule has 0 spiro atoms. The second-order valence-electron chi connectivity index (χ2n) is 13.0. The topological polar surface area (TPSA) is 46.5 Å². The third-order valence-corrected chi connectivity index (χ3v) is 11.8. The van der Waals surface area contributed by atoms with Crippen LogP contribution in [0.3, 0.4) is 0 Å². The Morgan fingerprint density at radius 3 is 2.66 bits per heavy atom. The van der Waals surface area contributed by atoms with E-state index in [1.807, 2.05) is 51.6 Å². The molecule has 3 aliphatic rings. The molecule has 3 fully saturated rings. The maximum absolute atomic E-state index is 12.2. The van der Waals surface area contributed by atoms with Gasteiger partial charge in [0.1, 0.15) is 11.5 Å². The molecule has 0 saturated heterocycles. The summed E-state index contributed by atoms with van der Waals surface area (Å²) in [7, 11) is 0. The van der Waals surface area contributed by atoms with E-state index in [2.05, 4.69) is 57.7 Å². The van der Waals surface area contributed by atoms with Crippen LogP contribution in [0.5, 0.6) is 5.75 Å². The molecule has 0 radical (unpaired) electrons. The van der Waals surface area contributed by atoms with Crippen molar-refractivity contribution in [1.82, 2.24) is 0 Å². The van der Waals surface area contributed by atoms with E-state index in [4.69, 9.17) is 4.74 Å². The fourth-order valence-corrected chi connectivity index (χ4v) is 9.57. The minimum absolute atomic E-state index is 0.175. The highest BCUT2D eigenvalue weighted by Gasteiger charge is 2.58. The standard InChI is InChI=1S/C35H50O3S.C2H6/c1-7-9-13-30(8-2)39-23-26-11-10-12-29(21-26)38-19-18-35(34(5,6)37)17-16-32-31-15-14-28(36)22-27(31)20-24(3)33(32)25(35)4;1-2/h7-13,21,24-25,27,31-33,37H,1,14-20,22-23H2,2-6H3;1-2H3/b13-9-,30-8+;/t24-,25?,27?,31?,32?,33?,35?;/m1./s1. The molecule has 0 amide bonds. The van der Waals surface area contributed by atoms with Crippen molar-refractivity contribution in [1.29, 1.82) is 0 Å². The van der Waals surface area contributed by atoms with Crippen LogP contribution < -0.4 is 4.74 Å². The molecule has 3 saturated carbocycles. The average Bonchev–Trinajstić information content (AvgIpc) is 2.94. The number of Topliss-reactive ketones (excluding diaryl/α,β-unsaturated/α-hetero) is 1. The van der Waals surface area contributed by atoms with Gasteiger partial charge in [0.25, 0.3) is 0 Å². The number of carbonyl (C=O) groups is 1. The monoisotopic (exact) mass is 580 g/mol. The number of hydrogen-bond donors (Lipinski definition) is 1. The number of allylic oxidation sites excluding steroid dienone is 4. The van der Waals surface area contributed by atoms with E-state index in [0.29, 0.717) is 47.9 Å². The first-order valence-corrected chi connectivity index (χ1v) is 17.1.